The van der Waals surface area contributed by atoms with Crippen LogP contribution in [-0.2, 0) is 28.6 Å². The molecule has 0 fully saturated rings. The monoisotopic (exact) mass is 961 g/mol. The average molecular weight is 962 g/mol. The highest BCUT2D eigenvalue weighted by Gasteiger charge is 2.19. The highest BCUT2D eigenvalue weighted by atomic mass is 16.6. The van der Waals surface area contributed by atoms with E-state index in [0.717, 1.165) is 75.5 Å². The zero-order chi connectivity index (χ0) is 49.8. The van der Waals surface area contributed by atoms with Gasteiger partial charge in [-0.1, -0.05) is 305 Å². The van der Waals surface area contributed by atoms with Crippen molar-refractivity contribution in [1.29, 1.82) is 0 Å². The molecule has 0 radical (unpaired) electrons. The Bertz CT molecular complexity index is 1060. The molecular weight excluding hydrogens is 841 g/mol. The number of esters is 3. The molecule has 0 aromatic heterocycles. The van der Waals surface area contributed by atoms with Gasteiger partial charge in [0.15, 0.2) is 6.10 Å². The zero-order valence-corrected chi connectivity index (χ0v) is 46.9. The van der Waals surface area contributed by atoms with Crippen molar-refractivity contribution in [3.05, 3.63) is 0 Å². The van der Waals surface area contributed by atoms with E-state index in [0.29, 0.717) is 19.3 Å². The maximum Gasteiger partial charge on any atom is 0.306 e. The second-order valence-corrected chi connectivity index (χ2v) is 22.5. The molecular formula is C62H120O6. The van der Waals surface area contributed by atoms with Gasteiger partial charge in [0.05, 0.1) is 0 Å². The third kappa shape index (κ3) is 53.8. The molecule has 0 aliphatic carbocycles. The van der Waals surface area contributed by atoms with Crippen molar-refractivity contribution in [2.75, 3.05) is 13.2 Å². The number of rotatable bonds is 55. The second-order valence-electron chi connectivity index (χ2n) is 22.5. The van der Waals surface area contributed by atoms with Crippen molar-refractivity contribution in [1.82, 2.24) is 0 Å². The van der Waals surface area contributed by atoms with Gasteiger partial charge < -0.3 is 14.2 Å². The summed E-state index contributed by atoms with van der Waals surface area (Å²) in [6.07, 6.45) is 56.7. The van der Waals surface area contributed by atoms with E-state index in [1.54, 1.807) is 0 Å². The van der Waals surface area contributed by atoms with Crippen molar-refractivity contribution in [3.63, 3.8) is 0 Å². The Labute approximate surface area is 425 Å². The van der Waals surface area contributed by atoms with Gasteiger partial charge in [0, 0.05) is 19.3 Å². The van der Waals surface area contributed by atoms with Gasteiger partial charge in [-0.05, 0) is 37.0 Å². The highest BCUT2D eigenvalue weighted by molar-refractivity contribution is 5.71. The molecule has 68 heavy (non-hydrogen) atoms. The van der Waals surface area contributed by atoms with Crippen molar-refractivity contribution in [2.45, 2.75) is 349 Å². The molecule has 6 heteroatoms. The minimum atomic E-state index is -0.764. The molecule has 0 aliphatic heterocycles. The molecule has 0 amide bonds. The fourth-order valence-corrected chi connectivity index (χ4v) is 9.50. The second kappa shape index (κ2) is 53.2. The Morgan fingerprint density at radius 3 is 0.765 bits per heavy atom. The van der Waals surface area contributed by atoms with Gasteiger partial charge >= 0.3 is 17.9 Å². The van der Waals surface area contributed by atoms with Crippen LogP contribution in [0.1, 0.15) is 343 Å². The summed E-state index contributed by atoms with van der Waals surface area (Å²) >= 11 is 0. The normalized spacial score (nSPS) is 12.5. The molecule has 0 spiro atoms. The smallest absolute Gasteiger partial charge is 0.306 e. The first kappa shape index (κ1) is 66.4. The van der Waals surface area contributed by atoms with E-state index in [9.17, 15) is 14.4 Å². The largest absolute Gasteiger partial charge is 0.462 e. The van der Waals surface area contributed by atoms with Crippen LogP contribution in [0.2, 0.25) is 0 Å². The number of hydrogen-bond acceptors (Lipinski definition) is 6. The van der Waals surface area contributed by atoms with Crippen LogP contribution in [0, 0.1) is 17.8 Å². The lowest BCUT2D eigenvalue weighted by Crippen LogP contribution is -2.30. The van der Waals surface area contributed by atoms with Gasteiger partial charge in [-0.15, -0.1) is 0 Å². The predicted octanol–water partition coefficient (Wildman–Crippen LogP) is 20.3. The SMILES string of the molecule is CCC(C)CCCCCCCCCCCCC(=O)O[C@H](COC(=O)CCCCCCCCCCCCCCCCCCCCC(C)C)COC(=O)CCCCCCCCCCCCCCC(C)C. The molecule has 0 N–H and O–H groups in total. The van der Waals surface area contributed by atoms with Gasteiger partial charge in [0.2, 0.25) is 0 Å². The van der Waals surface area contributed by atoms with Crippen LogP contribution in [-0.4, -0.2) is 37.2 Å². The molecule has 0 saturated heterocycles. The number of ether oxygens (including phenoxy) is 3. The summed E-state index contributed by atoms with van der Waals surface area (Å²) in [6.45, 7) is 13.8. The molecule has 0 bridgehead atoms. The quantitative estimate of drug-likeness (QED) is 0.0343. The molecule has 6 nitrogen and oxygen atoms in total. The fraction of sp³-hybridized carbons (Fsp3) is 0.952. The Morgan fingerprint density at radius 1 is 0.294 bits per heavy atom. The average Bonchev–Trinajstić information content (AvgIpc) is 3.31. The van der Waals surface area contributed by atoms with Gasteiger partial charge in [0.1, 0.15) is 13.2 Å². The summed E-state index contributed by atoms with van der Waals surface area (Å²) in [4.78, 5) is 38.2. The number of carbonyl (C=O) groups excluding carboxylic acids is 3. The van der Waals surface area contributed by atoms with Crippen LogP contribution in [0.5, 0.6) is 0 Å². The molecule has 0 aromatic rings. The van der Waals surface area contributed by atoms with Crippen LogP contribution in [0.25, 0.3) is 0 Å². The summed E-state index contributed by atoms with van der Waals surface area (Å²) in [5.41, 5.74) is 0. The topological polar surface area (TPSA) is 78.9 Å². The van der Waals surface area contributed by atoms with Crippen molar-refractivity contribution in [2.24, 2.45) is 17.8 Å². The van der Waals surface area contributed by atoms with Crippen LogP contribution in [0.4, 0.5) is 0 Å². The third-order valence-electron chi connectivity index (χ3n) is 14.5. The molecule has 404 valence electrons. The van der Waals surface area contributed by atoms with E-state index < -0.39 is 6.10 Å². The molecule has 0 aliphatic rings. The van der Waals surface area contributed by atoms with Crippen molar-refractivity contribution < 1.29 is 28.6 Å². The first-order valence-electron chi connectivity index (χ1n) is 30.6. The van der Waals surface area contributed by atoms with E-state index in [2.05, 4.69) is 41.5 Å². The standard InChI is InChI=1S/C62H120O6/c1-7-58(6)50-44-38-32-26-22-23-29-35-41-47-53-62(65)68-59(55-67-61(64)52-46-40-34-28-21-17-16-19-25-31-37-43-49-57(4)5)54-66-60(63)51-45-39-33-27-20-15-13-11-9-8-10-12-14-18-24-30-36-42-48-56(2)3/h56-59H,7-55H2,1-6H3/t58?,59-/m1/s1. The lowest BCUT2D eigenvalue weighted by molar-refractivity contribution is -0.167. The minimum Gasteiger partial charge on any atom is -0.462 e. The lowest BCUT2D eigenvalue weighted by Gasteiger charge is -2.18. The van der Waals surface area contributed by atoms with Crippen molar-refractivity contribution >= 4 is 17.9 Å². The maximum atomic E-state index is 12.9. The summed E-state index contributed by atoms with van der Waals surface area (Å²) < 4.78 is 16.9. The fourth-order valence-electron chi connectivity index (χ4n) is 9.50. The molecule has 2 atom stereocenters. The van der Waals surface area contributed by atoms with Gasteiger partial charge in [-0.25, -0.2) is 0 Å². The van der Waals surface area contributed by atoms with Crippen LogP contribution >= 0.6 is 0 Å². The first-order chi connectivity index (χ1) is 33.1. The lowest BCUT2D eigenvalue weighted by atomic mass is 9.99. The van der Waals surface area contributed by atoms with Gasteiger partial charge in [-0.3, -0.25) is 14.4 Å². The molecule has 0 aromatic carbocycles. The van der Waals surface area contributed by atoms with E-state index in [-0.39, 0.29) is 31.1 Å². The Kier molecular flexibility index (Phi) is 52.0. The third-order valence-corrected chi connectivity index (χ3v) is 14.5. The van der Waals surface area contributed by atoms with E-state index >= 15 is 0 Å². The minimum absolute atomic E-state index is 0.0632. The van der Waals surface area contributed by atoms with Crippen molar-refractivity contribution in [3.8, 4) is 0 Å². The molecule has 0 rings (SSSR count). The predicted molar refractivity (Wildman–Crippen MR) is 293 cm³/mol. The summed E-state index contributed by atoms with van der Waals surface area (Å²) in [6, 6.07) is 0. The summed E-state index contributed by atoms with van der Waals surface area (Å²) in [5, 5.41) is 0. The Balaban J connectivity index is 4.26. The molecule has 1 unspecified atom stereocenters. The first-order valence-corrected chi connectivity index (χ1v) is 30.6. The summed E-state index contributed by atoms with van der Waals surface area (Å²) in [5.74, 6) is 1.72. The number of unbranched alkanes of at least 4 members (excludes halogenated alkanes) is 37. The van der Waals surface area contributed by atoms with Crippen LogP contribution < -0.4 is 0 Å². The summed E-state index contributed by atoms with van der Waals surface area (Å²) in [7, 11) is 0. The number of hydrogen-bond donors (Lipinski definition) is 0. The molecule has 0 heterocycles. The van der Waals surface area contributed by atoms with Gasteiger partial charge in [-0.2, -0.15) is 0 Å². The van der Waals surface area contributed by atoms with Crippen LogP contribution in [0.3, 0.4) is 0 Å². The van der Waals surface area contributed by atoms with E-state index in [4.69, 9.17) is 14.2 Å². The van der Waals surface area contributed by atoms with E-state index in [1.165, 1.54) is 225 Å². The van der Waals surface area contributed by atoms with Crippen LogP contribution in [0.15, 0.2) is 0 Å². The highest BCUT2D eigenvalue weighted by Crippen LogP contribution is 2.19. The Morgan fingerprint density at radius 2 is 0.515 bits per heavy atom. The molecule has 0 saturated carbocycles. The maximum absolute atomic E-state index is 12.9. The Hall–Kier alpha value is -1.59. The number of carbonyl (C=O) groups is 3. The van der Waals surface area contributed by atoms with E-state index in [1.807, 2.05) is 0 Å². The zero-order valence-electron chi connectivity index (χ0n) is 46.9. The van der Waals surface area contributed by atoms with Gasteiger partial charge in [0.25, 0.3) is 0 Å².